The van der Waals surface area contributed by atoms with E-state index in [-0.39, 0.29) is 23.6 Å². The first-order valence-corrected chi connectivity index (χ1v) is 9.71. The van der Waals surface area contributed by atoms with E-state index in [1.165, 1.54) is 29.8 Å². The number of oxazole rings is 1. The van der Waals surface area contributed by atoms with Crippen molar-refractivity contribution in [3.05, 3.63) is 58.6 Å². The van der Waals surface area contributed by atoms with Crippen LogP contribution in [-0.2, 0) is 17.1 Å². The van der Waals surface area contributed by atoms with Crippen molar-refractivity contribution in [1.82, 2.24) is 9.29 Å². The predicted octanol–water partition coefficient (Wildman–Crippen LogP) is 1.16. The third-order valence-corrected chi connectivity index (χ3v) is 5.47. The molecule has 3 aromatic rings. The van der Waals surface area contributed by atoms with E-state index < -0.39 is 21.9 Å². The van der Waals surface area contributed by atoms with Crippen molar-refractivity contribution in [3.8, 4) is 5.75 Å². The molecule has 0 bridgehead atoms. The maximum absolute atomic E-state index is 12.4. The molecule has 9 heteroatoms. The zero-order chi connectivity index (χ0) is 19.6. The summed E-state index contributed by atoms with van der Waals surface area (Å²) in [4.78, 5) is 11.4. The van der Waals surface area contributed by atoms with Gasteiger partial charge in [0.2, 0.25) is 10.0 Å². The van der Waals surface area contributed by atoms with Gasteiger partial charge in [0, 0.05) is 19.7 Å². The monoisotopic (exact) mass is 392 g/mol. The number of nitrogens with zero attached hydrogens (tertiary/aromatic N) is 1. The van der Waals surface area contributed by atoms with Gasteiger partial charge in [-0.25, -0.2) is 17.9 Å². The van der Waals surface area contributed by atoms with Crippen LogP contribution in [0.25, 0.3) is 11.1 Å². The minimum Gasteiger partial charge on any atom is -0.491 e. The standard InChI is InChI=1S/C18H20N2O6S/c1-12-3-5-14(6-4-12)25-11-13(21)10-19-27(23,24)15-7-8-16-17(9-15)26-18(22)20(16)2/h3-9,13,19,21H,10-11H2,1-2H3/t13-/m1/s1. The minimum absolute atomic E-state index is 0.0574. The highest BCUT2D eigenvalue weighted by molar-refractivity contribution is 7.89. The first kappa shape index (κ1) is 19.2. The van der Waals surface area contributed by atoms with Crippen molar-refractivity contribution in [3.63, 3.8) is 0 Å². The van der Waals surface area contributed by atoms with Crippen molar-refractivity contribution in [2.45, 2.75) is 17.9 Å². The second-order valence-corrected chi connectivity index (χ2v) is 7.95. The Morgan fingerprint density at radius 2 is 1.93 bits per heavy atom. The zero-order valence-corrected chi connectivity index (χ0v) is 15.7. The molecule has 0 saturated heterocycles. The lowest BCUT2D eigenvalue weighted by molar-refractivity contribution is 0.111. The summed E-state index contributed by atoms with van der Waals surface area (Å²) >= 11 is 0. The predicted molar refractivity (Wildman–Crippen MR) is 99.3 cm³/mol. The molecule has 0 fully saturated rings. The third kappa shape index (κ3) is 4.38. The van der Waals surface area contributed by atoms with Gasteiger partial charge in [-0.3, -0.25) is 4.57 Å². The maximum atomic E-state index is 12.4. The lowest BCUT2D eigenvalue weighted by atomic mass is 10.2. The molecule has 2 aromatic carbocycles. The average molecular weight is 392 g/mol. The fourth-order valence-corrected chi connectivity index (χ4v) is 3.54. The second kappa shape index (κ2) is 7.55. The lowest BCUT2D eigenvalue weighted by Crippen LogP contribution is -2.35. The first-order valence-electron chi connectivity index (χ1n) is 8.23. The number of sulfonamides is 1. The van der Waals surface area contributed by atoms with Crippen LogP contribution in [0, 0.1) is 6.92 Å². The first-order chi connectivity index (χ1) is 12.8. The number of hydrogen-bond acceptors (Lipinski definition) is 6. The van der Waals surface area contributed by atoms with E-state index in [4.69, 9.17) is 9.15 Å². The summed E-state index contributed by atoms with van der Waals surface area (Å²) in [5.74, 6) is 0.0169. The second-order valence-electron chi connectivity index (χ2n) is 6.19. The summed E-state index contributed by atoms with van der Waals surface area (Å²) in [7, 11) is -2.34. The highest BCUT2D eigenvalue weighted by atomic mass is 32.2. The highest BCUT2D eigenvalue weighted by Crippen LogP contribution is 2.18. The molecule has 2 N–H and O–H groups in total. The molecule has 1 heterocycles. The molecule has 0 aliphatic rings. The van der Waals surface area contributed by atoms with Crippen molar-refractivity contribution in [2.24, 2.45) is 7.05 Å². The van der Waals surface area contributed by atoms with Crippen LogP contribution in [0.3, 0.4) is 0 Å². The summed E-state index contributed by atoms with van der Waals surface area (Å²) < 4.78 is 38.8. The molecular formula is C18H20N2O6S. The van der Waals surface area contributed by atoms with E-state index in [1.807, 2.05) is 19.1 Å². The minimum atomic E-state index is -3.88. The summed E-state index contributed by atoms with van der Waals surface area (Å²) in [6, 6.07) is 11.4. The van der Waals surface area contributed by atoms with Crippen LogP contribution in [-0.4, -0.2) is 37.3 Å². The van der Waals surface area contributed by atoms with Crippen LogP contribution in [0.5, 0.6) is 5.75 Å². The molecule has 144 valence electrons. The van der Waals surface area contributed by atoms with Crippen LogP contribution in [0.4, 0.5) is 0 Å². The van der Waals surface area contributed by atoms with E-state index in [0.717, 1.165) is 5.56 Å². The number of aromatic nitrogens is 1. The topological polar surface area (TPSA) is 111 Å². The zero-order valence-electron chi connectivity index (χ0n) is 14.9. The number of fused-ring (bicyclic) bond motifs is 1. The maximum Gasteiger partial charge on any atom is 0.419 e. The molecule has 0 amide bonds. The van der Waals surface area contributed by atoms with Crippen LogP contribution >= 0.6 is 0 Å². The number of aryl methyl sites for hydroxylation is 2. The third-order valence-electron chi connectivity index (χ3n) is 4.05. The Labute approximate surface area is 156 Å². The van der Waals surface area contributed by atoms with Crippen molar-refractivity contribution in [2.75, 3.05) is 13.2 Å². The molecule has 3 rings (SSSR count). The summed E-state index contributed by atoms with van der Waals surface area (Å²) in [6.45, 7) is 1.68. The Hall–Kier alpha value is -2.62. The largest absolute Gasteiger partial charge is 0.491 e. The smallest absolute Gasteiger partial charge is 0.419 e. The molecule has 1 atom stereocenters. The number of nitrogens with one attached hydrogen (secondary N) is 1. The average Bonchev–Trinajstić information content (AvgIpc) is 2.93. The highest BCUT2D eigenvalue weighted by Gasteiger charge is 2.18. The lowest BCUT2D eigenvalue weighted by Gasteiger charge is -2.13. The van der Waals surface area contributed by atoms with Gasteiger partial charge in [0.15, 0.2) is 5.58 Å². The van der Waals surface area contributed by atoms with Crippen molar-refractivity contribution < 1.29 is 22.7 Å². The van der Waals surface area contributed by atoms with Gasteiger partial charge in [-0.15, -0.1) is 0 Å². The quantitative estimate of drug-likeness (QED) is 0.624. The van der Waals surface area contributed by atoms with Gasteiger partial charge >= 0.3 is 5.76 Å². The molecule has 8 nitrogen and oxygen atoms in total. The van der Waals surface area contributed by atoms with Crippen LogP contribution in [0.15, 0.2) is 56.6 Å². The number of rotatable bonds is 7. The van der Waals surface area contributed by atoms with Gasteiger partial charge in [0.05, 0.1) is 10.4 Å². The Morgan fingerprint density at radius 3 is 2.63 bits per heavy atom. The van der Waals surface area contributed by atoms with E-state index in [0.29, 0.717) is 11.3 Å². The normalized spacial score (nSPS) is 13.0. The molecule has 27 heavy (non-hydrogen) atoms. The van der Waals surface area contributed by atoms with Gasteiger partial charge in [0.1, 0.15) is 18.5 Å². The van der Waals surface area contributed by atoms with Crippen molar-refractivity contribution >= 4 is 21.1 Å². The van der Waals surface area contributed by atoms with Gasteiger partial charge in [0.25, 0.3) is 0 Å². The van der Waals surface area contributed by atoms with Gasteiger partial charge in [-0.05, 0) is 31.2 Å². The SMILES string of the molecule is Cc1ccc(OC[C@H](O)CNS(=O)(=O)c2ccc3c(c2)oc(=O)n3C)cc1. The van der Waals surface area contributed by atoms with Gasteiger partial charge in [-0.2, -0.15) is 0 Å². The van der Waals surface area contributed by atoms with Crippen LogP contribution < -0.4 is 15.2 Å². The number of ether oxygens (including phenoxy) is 1. The number of aliphatic hydroxyl groups is 1. The molecular weight excluding hydrogens is 372 g/mol. The summed E-state index contributed by atoms with van der Waals surface area (Å²) in [5.41, 5.74) is 1.75. The fourth-order valence-electron chi connectivity index (χ4n) is 2.46. The number of hydrogen-bond donors (Lipinski definition) is 2. The van der Waals surface area contributed by atoms with Crippen LogP contribution in [0.1, 0.15) is 5.56 Å². The Morgan fingerprint density at radius 1 is 1.22 bits per heavy atom. The molecule has 0 unspecified atom stereocenters. The molecule has 0 spiro atoms. The Kier molecular flexibility index (Phi) is 5.36. The fraction of sp³-hybridized carbons (Fsp3) is 0.278. The molecule has 0 radical (unpaired) electrons. The molecule has 0 aliphatic carbocycles. The van der Waals surface area contributed by atoms with Crippen LogP contribution in [0.2, 0.25) is 0 Å². The number of benzene rings is 2. The van der Waals surface area contributed by atoms with E-state index >= 15 is 0 Å². The van der Waals surface area contributed by atoms with Gasteiger partial charge < -0.3 is 14.3 Å². The Balaban J connectivity index is 1.62. The molecule has 1 aromatic heterocycles. The molecule has 0 saturated carbocycles. The van der Waals surface area contributed by atoms with Gasteiger partial charge in [-0.1, -0.05) is 17.7 Å². The van der Waals surface area contributed by atoms with Crippen molar-refractivity contribution in [1.29, 1.82) is 0 Å². The summed E-state index contributed by atoms with van der Waals surface area (Å²) in [5, 5.41) is 9.97. The van der Waals surface area contributed by atoms with E-state index in [9.17, 15) is 18.3 Å². The van der Waals surface area contributed by atoms with E-state index in [2.05, 4.69) is 4.72 Å². The number of aliphatic hydroxyl groups excluding tert-OH is 1. The van der Waals surface area contributed by atoms with E-state index in [1.54, 1.807) is 12.1 Å². The summed E-state index contributed by atoms with van der Waals surface area (Å²) in [6.07, 6.45) is -1.03. The Bertz CT molecular complexity index is 1100. The molecule has 0 aliphatic heterocycles.